The van der Waals surface area contributed by atoms with Crippen LogP contribution in [0.5, 0.6) is 11.5 Å². The highest BCUT2D eigenvalue weighted by molar-refractivity contribution is 5.43. The predicted octanol–water partition coefficient (Wildman–Crippen LogP) is 3.67. The molecule has 0 saturated carbocycles. The van der Waals surface area contributed by atoms with E-state index in [1.54, 1.807) is 48.5 Å². The normalized spacial score (nSPS) is 12.6. The molecule has 32 heavy (non-hydrogen) atoms. The maximum atomic E-state index is 12.9. The van der Waals surface area contributed by atoms with Crippen molar-refractivity contribution in [2.75, 3.05) is 36.9 Å². The minimum absolute atomic E-state index is 0.0855. The maximum absolute atomic E-state index is 12.9. The largest absolute Gasteiger partial charge is 0.491 e. The molecule has 0 aliphatic carbocycles. The van der Waals surface area contributed by atoms with Crippen LogP contribution in [0.4, 0.5) is 20.2 Å². The third-order valence-electron chi connectivity index (χ3n) is 4.48. The van der Waals surface area contributed by atoms with E-state index in [-0.39, 0.29) is 37.9 Å². The van der Waals surface area contributed by atoms with Crippen molar-refractivity contribution in [3.8, 4) is 11.5 Å². The van der Waals surface area contributed by atoms with E-state index in [1.165, 1.54) is 24.3 Å². The van der Waals surface area contributed by atoms with Crippen LogP contribution in [0.3, 0.4) is 0 Å². The lowest BCUT2D eigenvalue weighted by atomic mass is 10.3. The van der Waals surface area contributed by atoms with Gasteiger partial charge in [-0.25, -0.2) is 8.78 Å². The molecule has 0 bridgehead atoms. The summed E-state index contributed by atoms with van der Waals surface area (Å²) in [6.07, 6.45) is -1.50. The van der Waals surface area contributed by atoms with Gasteiger partial charge in [-0.15, -0.1) is 0 Å². The topological polar surface area (TPSA) is 83.0 Å². The molecule has 0 radical (unpaired) electrons. The van der Waals surface area contributed by atoms with Gasteiger partial charge in [-0.2, -0.15) is 0 Å². The molecule has 0 amide bonds. The van der Waals surface area contributed by atoms with Gasteiger partial charge in [-0.3, -0.25) is 0 Å². The maximum Gasteiger partial charge on any atom is 0.123 e. The highest BCUT2D eigenvalue weighted by Gasteiger charge is 2.08. The molecule has 0 unspecified atom stereocenters. The molecule has 0 spiro atoms. The number of benzene rings is 3. The molecule has 8 heteroatoms. The van der Waals surface area contributed by atoms with E-state index in [9.17, 15) is 19.0 Å². The summed E-state index contributed by atoms with van der Waals surface area (Å²) in [5.41, 5.74) is 1.42. The van der Waals surface area contributed by atoms with Gasteiger partial charge in [0.1, 0.15) is 48.6 Å². The Balaban J connectivity index is 1.33. The van der Waals surface area contributed by atoms with Crippen molar-refractivity contribution in [3.05, 3.63) is 84.4 Å². The zero-order valence-electron chi connectivity index (χ0n) is 17.4. The van der Waals surface area contributed by atoms with Crippen molar-refractivity contribution in [2.24, 2.45) is 0 Å². The van der Waals surface area contributed by atoms with Gasteiger partial charge in [0.25, 0.3) is 0 Å². The molecule has 0 saturated heterocycles. The summed E-state index contributed by atoms with van der Waals surface area (Å²) in [6.45, 7) is 0.692. The van der Waals surface area contributed by atoms with E-state index in [4.69, 9.17) is 9.47 Å². The van der Waals surface area contributed by atoms with Crippen LogP contribution in [0, 0.1) is 11.6 Å². The Bertz CT molecular complexity index is 859. The lowest BCUT2D eigenvalue weighted by molar-refractivity contribution is 0.115. The summed E-state index contributed by atoms with van der Waals surface area (Å²) < 4.78 is 36.9. The highest BCUT2D eigenvalue weighted by atomic mass is 19.1. The van der Waals surface area contributed by atoms with Crippen LogP contribution in [-0.2, 0) is 0 Å². The van der Waals surface area contributed by atoms with E-state index in [0.717, 1.165) is 0 Å². The van der Waals surface area contributed by atoms with Gasteiger partial charge in [-0.05, 0) is 72.8 Å². The summed E-state index contributed by atoms with van der Waals surface area (Å²) in [5, 5.41) is 26.1. The Morgan fingerprint density at radius 1 is 0.594 bits per heavy atom. The van der Waals surface area contributed by atoms with Gasteiger partial charge in [0.2, 0.25) is 0 Å². The average Bonchev–Trinajstić information content (AvgIpc) is 2.81. The molecule has 4 N–H and O–H groups in total. The van der Waals surface area contributed by atoms with Crippen LogP contribution in [-0.4, -0.2) is 48.7 Å². The van der Waals surface area contributed by atoms with E-state index < -0.39 is 12.2 Å². The summed E-state index contributed by atoms with van der Waals surface area (Å²) in [4.78, 5) is 0. The second kappa shape index (κ2) is 11.9. The number of anilines is 2. The molecule has 3 aromatic carbocycles. The quantitative estimate of drug-likeness (QED) is 0.341. The van der Waals surface area contributed by atoms with Crippen LogP contribution in [0.25, 0.3) is 0 Å². The third-order valence-corrected chi connectivity index (χ3v) is 4.48. The van der Waals surface area contributed by atoms with Crippen LogP contribution >= 0.6 is 0 Å². The molecule has 0 fully saturated rings. The summed E-state index contributed by atoms with van der Waals surface area (Å²) in [5.74, 6) is 0.500. The summed E-state index contributed by atoms with van der Waals surface area (Å²) >= 11 is 0. The third kappa shape index (κ3) is 8.05. The Morgan fingerprint density at radius 3 is 1.28 bits per heavy atom. The predicted molar refractivity (Wildman–Crippen MR) is 119 cm³/mol. The molecule has 0 heterocycles. The second-order valence-electron chi connectivity index (χ2n) is 7.18. The van der Waals surface area contributed by atoms with Crippen molar-refractivity contribution in [2.45, 2.75) is 12.2 Å². The first-order chi connectivity index (χ1) is 15.5. The number of ether oxygens (including phenoxy) is 2. The zero-order chi connectivity index (χ0) is 22.8. The number of aliphatic hydroxyl groups is 2. The van der Waals surface area contributed by atoms with Gasteiger partial charge < -0.3 is 30.3 Å². The van der Waals surface area contributed by atoms with Crippen molar-refractivity contribution in [1.29, 1.82) is 0 Å². The molecule has 3 rings (SSSR count). The SMILES string of the molecule is O[C@H](CNc1ccc(F)cc1)COc1ccc(OC[C@@H](O)CNc2ccc(F)cc2)cc1. The molecule has 0 aliphatic heterocycles. The molecule has 6 nitrogen and oxygen atoms in total. The second-order valence-corrected chi connectivity index (χ2v) is 7.18. The summed E-state index contributed by atoms with van der Waals surface area (Å²) in [6, 6.07) is 18.6. The lowest BCUT2D eigenvalue weighted by Crippen LogP contribution is -2.26. The van der Waals surface area contributed by atoms with Crippen molar-refractivity contribution >= 4 is 11.4 Å². The fraction of sp³-hybridized carbons (Fsp3) is 0.250. The van der Waals surface area contributed by atoms with Gasteiger partial charge in [0, 0.05) is 24.5 Å². The van der Waals surface area contributed by atoms with Gasteiger partial charge in [-0.1, -0.05) is 0 Å². The zero-order valence-corrected chi connectivity index (χ0v) is 17.4. The fourth-order valence-corrected chi connectivity index (χ4v) is 2.74. The molecule has 2 atom stereocenters. The van der Waals surface area contributed by atoms with E-state index in [0.29, 0.717) is 22.9 Å². The number of hydrogen-bond acceptors (Lipinski definition) is 6. The molecule has 170 valence electrons. The van der Waals surface area contributed by atoms with Gasteiger partial charge >= 0.3 is 0 Å². The van der Waals surface area contributed by atoms with Crippen LogP contribution in [0.1, 0.15) is 0 Å². The lowest BCUT2D eigenvalue weighted by Gasteiger charge is -2.15. The Morgan fingerprint density at radius 2 is 0.938 bits per heavy atom. The standard InChI is InChI=1S/C24H26F2N2O4/c25-17-1-5-19(6-2-17)27-13-21(29)15-31-23-9-11-24(12-10-23)32-16-22(30)14-28-20-7-3-18(26)4-8-20/h1-12,21-22,27-30H,13-16H2/t21-,22+. The first-order valence-electron chi connectivity index (χ1n) is 10.2. The molecular weight excluding hydrogens is 418 g/mol. The number of rotatable bonds is 12. The van der Waals surface area contributed by atoms with Gasteiger partial charge in [0.05, 0.1) is 0 Å². The number of hydrogen-bond donors (Lipinski definition) is 4. The monoisotopic (exact) mass is 444 g/mol. The molecule has 0 aliphatic rings. The first-order valence-corrected chi connectivity index (χ1v) is 10.2. The first kappa shape index (κ1) is 23.3. The van der Waals surface area contributed by atoms with Gasteiger partial charge in [0.15, 0.2) is 0 Å². The number of aliphatic hydroxyl groups excluding tert-OH is 2. The minimum atomic E-state index is -0.750. The van der Waals surface area contributed by atoms with Crippen molar-refractivity contribution < 1.29 is 28.5 Å². The van der Waals surface area contributed by atoms with Crippen molar-refractivity contribution in [1.82, 2.24) is 0 Å². The van der Waals surface area contributed by atoms with Crippen molar-refractivity contribution in [3.63, 3.8) is 0 Å². The number of nitrogens with one attached hydrogen (secondary N) is 2. The van der Waals surface area contributed by atoms with E-state index >= 15 is 0 Å². The van der Waals surface area contributed by atoms with Crippen LogP contribution in [0.2, 0.25) is 0 Å². The Labute approximate surface area is 185 Å². The molecular formula is C24H26F2N2O4. The Hall–Kier alpha value is -3.36. The van der Waals surface area contributed by atoms with Crippen LogP contribution < -0.4 is 20.1 Å². The smallest absolute Gasteiger partial charge is 0.123 e. The fourth-order valence-electron chi connectivity index (χ4n) is 2.74. The van der Waals surface area contributed by atoms with Crippen LogP contribution in [0.15, 0.2) is 72.8 Å². The average molecular weight is 444 g/mol. The van der Waals surface area contributed by atoms with E-state index in [1.807, 2.05) is 0 Å². The molecule has 3 aromatic rings. The Kier molecular flexibility index (Phi) is 8.65. The van der Waals surface area contributed by atoms with E-state index in [2.05, 4.69) is 10.6 Å². The molecule has 0 aromatic heterocycles. The minimum Gasteiger partial charge on any atom is -0.491 e. The summed E-state index contributed by atoms with van der Waals surface area (Å²) in [7, 11) is 0. The number of halogens is 2. The highest BCUT2D eigenvalue weighted by Crippen LogP contribution is 2.18.